The van der Waals surface area contributed by atoms with Crippen LogP contribution < -0.4 is 16.4 Å². The number of piperidine rings is 1. The first-order valence-corrected chi connectivity index (χ1v) is 14.9. The van der Waals surface area contributed by atoms with Gasteiger partial charge in [-0.05, 0) is 38.3 Å². The smallest absolute Gasteiger partial charge is 0.326 e. The minimum atomic E-state index is -1.50. The number of aliphatic carboxylic acids is 1. The van der Waals surface area contributed by atoms with Crippen molar-refractivity contribution in [2.24, 2.45) is 23.5 Å². The Morgan fingerprint density at radius 3 is 2.37 bits per heavy atom. The van der Waals surface area contributed by atoms with Crippen molar-refractivity contribution in [1.82, 2.24) is 20.5 Å². The predicted molar refractivity (Wildman–Crippen MR) is 153 cm³/mol. The number of primary amides is 1. The van der Waals surface area contributed by atoms with Gasteiger partial charge >= 0.3 is 5.97 Å². The first-order valence-electron chi connectivity index (χ1n) is 14.1. The summed E-state index contributed by atoms with van der Waals surface area (Å²) in [4.78, 5) is 81.0. The van der Waals surface area contributed by atoms with Crippen LogP contribution in [0.3, 0.4) is 0 Å². The van der Waals surface area contributed by atoms with Crippen molar-refractivity contribution in [1.29, 1.82) is 0 Å². The van der Waals surface area contributed by atoms with Crippen molar-refractivity contribution in [3.05, 3.63) is 16.1 Å². The molecule has 0 aliphatic carbocycles. The molecule has 1 aliphatic rings. The Balaban J connectivity index is 2.09. The highest BCUT2D eigenvalue weighted by Gasteiger charge is 2.35. The molecule has 13 heteroatoms. The van der Waals surface area contributed by atoms with E-state index in [9.17, 15) is 33.9 Å². The van der Waals surface area contributed by atoms with Crippen LogP contribution in [0.1, 0.15) is 81.7 Å². The fourth-order valence-corrected chi connectivity index (χ4v) is 5.72. The van der Waals surface area contributed by atoms with Crippen LogP contribution in [0.25, 0.3) is 0 Å². The molecule has 5 atom stereocenters. The number of carboxylic acids is 1. The third-order valence-corrected chi connectivity index (χ3v) is 8.51. The number of Topliss-reactive ketones (excluding diaryl/α,β-unsaturated/α-hetero) is 2. The molecule has 5 N–H and O–H groups in total. The number of hydrogen-bond acceptors (Lipinski definition) is 9. The van der Waals surface area contributed by atoms with Crippen molar-refractivity contribution >= 4 is 46.6 Å². The molecule has 2 heterocycles. The number of hydrogen-bond donors (Lipinski definition) is 4. The van der Waals surface area contributed by atoms with Gasteiger partial charge < -0.3 is 21.5 Å². The van der Waals surface area contributed by atoms with Crippen LogP contribution in [-0.2, 0) is 30.4 Å². The van der Waals surface area contributed by atoms with Crippen LogP contribution in [0, 0.1) is 17.8 Å². The second kappa shape index (κ2) is 15.7. The highest BCUT2D eigenvalue weighted by atomic mass is 32.1. The molecule has 12 nitrogen and oxygen atoms in total. The number of nitrogens with two attached hydrogens (primary N) is 1. The van der Waals surface area contributed by atoms with Gasteiger partial charge in [0.1, 0.15) is 16.7 Å². The average Bonchev–Trinajstić information content (AvgIpc) is 3.37. The maximum atomic E-state index is 13.5. The molecule has 228 valence electrons. The standard InChI is InChI=1S/C28H43N5O7S/c1-6-16(4)17(11-21(34)20-9-7-8-10-33(20)5)26(37)32-25(15(2)3)22(35)13-24-30-19(14-41-24)27(38)31-18(28(39)40)12-23(29)36/h14-18,20,25H,6-13H2,1-5H3,(H2,29,36)(H,31,38)(H,32,37)(H,39,40)/t16?,17-,18?,20?,25-/m0/s1. The van der Waals surface area contributed by atoms with E-state index in [-0.39, 0.29) is 53.9 Å². The van der Waals surface area contributed by atoms with Crippen LogP contribution in [0.4, 0.5) is 0 Å². The number of likely N-dealkylation sites (N-methyl/N-ethyl adjacent to an activating group) is 1. The lowest BCUT2D eigenvalue weighted by molar-refractivity contribution is -0.141. The zero-order valence-electron chi connectivity index (χ0n) is 24.5. The minimum Gasteiger partial charge on any atom is -0.480 e. The number of carboxylic acid groups (broad SMARTS) is 1. The SMILES string of the molecule is CCC(C)[C@H](CC(=O)C1CCCCN1C)C(=O)N[C@H](C(=O)Cc1nc(C(=O)NC(CC(N)=O)C(=O)O)cs1)C(C)C. The number of rotatable bonds is 16. The summed E-state index contributed by atoms with van der Waals surface area (Å²) in [5.74, 6) is -4.54. The van der Waals surface area contributed by atoms with E-state index in [0.717, 1.165) is 37.1 Å². The molecule has 0 spiro atoms. The van der Waals surface area contributed by atoms with Gasteiger partial charge in [0.2, 0.25) is 11.8 Å². The number of carbonyl (C=O) groups excluding carboxylic acids is 5. The van der Waals surface area contributed by atoms with Gasteiger partial charge in [-0.2, -0.15) is 0 Å². The molecule has 0 radical (unpaired) electrons. The lowest BCUT2D eigenvalue weighted by atomic mass is 9.83. The molecule has 3 unspecified atom stereocenters. The van der Waals surface area contributed by atoms with E-state index in [1.807, 2.05) is 34.7 Å². The van der Waals surface area contributed by atoms with E-state index in [1.165, 1.54) is 5.38 Å². The van der Waals surface area contributed by atoms with Gasteiger partial charge in [-0.15, -0.1) is 11.3 Å². The van der Waals surface area contributed by atoms with Gasteiger partial charge in [0, 0.05) is 17.7 Å². The molecule has 0 bridgehead atoms. The lowest BCUT2D eigenvalue weighted by Crippen LogP contribution is -2.49. The number of likely N-dealkylation sites (tertiary alicyclic amines) is 1. The van der Waals surface area contributed by atoms with Crippen molar-refractivity contribution in [3.63, 3.8) is 0 Å². The first kappa shape index (κ1) is 34.0. The molecule has 2 rings (SSSR count). The van der Waals surface area contributed by atoms with Crippen LogP contribution >= 0.6 is 11.3 Å². The van der Waals surface area contributed by atoms with E-state index in [0.29, 0.717) is 11.4 Å². The molecule has 0 saturated carbocycles. The quantitative estimate of drug-likeness (QED) is 0.220. The maximum Gasteiger partial charge on any atom is 0.326 e. The van der Waals surface area contributed by atoms with Crippen molar-refractivity contribution in [2.75, 3.05) is 13.6 Å². The lowest BCUT2D eigenvalue weighted by Gasteiger charge is -2.33. The molecule has 1 saturated heterocycles. The summed E-state index contributed by atoms with van der Waals surface area (Å²) in [6.45, 7) is 8.39. The van der Waals surface area contributed by atoms with E-state index in [1.54, 1.807) is 0 Å². The second-order valence-corrected chi connectivity index (χ2v) is 12.1. The largest absolute Gasteiger partial charge is 0.480 e. The van der Waals surface area contributed by atoms with Gasteiger partial charge in [0.05, 0.1) is 24.9 Å². The van der Waals surface area contributed by atoms with Crippen molar-refractivity contribution in [2.45, 2.75) is 90.8 Å². The van der Waals surface area contributed by atoms with Gasteiger partial charge in [-0.1, -0.05) is 40.5 Å². The predicted octanol–water partition coefficient (Wildman–Crippen LogP) is 1.56. The Morgan fingerprint density at radius 1 is 1.12 bits per heavy atom. The zero-order valence-corrected chi connectivity index (χ0v) is 25.3. The molecule has 1 aliphatic heterocycles. The van der Waals surface area contributed by atoms with Gasteiger partial charge in [-0.3, -0.25) is 28.9 Å². The summed E-state index contributed by atoms with van der Waals surface area (Å²) in [5.41, 5.74) is 4.95. The number of nitrogens with one attached hydrogen (secondary N) is 2. The number of carbonyl (C=O) groups is 6. The Labute approximate surface area is 244 Å². The summed E-state index contributed by atoms with van der Waals surface area (Å²) >= 11 is 1.05. The normalized spacial score (nSPS) is 18.6. The van der Waals surface area contributed by atoms with Gasteiger partial charge in [0.15, 0.2) is 11.6 Å². The molecule has 1 fully saturated rings. The monoisotopic (exact) mass is 593 g/mol. The van der Waals surface area contributed by atoms with E-state index in [4.69, 9.17) is 5.73 Å². The summed E-state index contributed by atoms with van der Waals surface area (Å²) in [6.07, 6.45) is 2.92. The summed E-state index contributed by atoms with van der Waals surface area (Å²) in [5, 5.41) is 16.0. The fraction of sp³-hybridized carbons (Fsp3) is 0.679. The second-order valence-electron chi connectivity index (χ2n) is 11.2. The minimum absolute atomic E-state index is 0.0506. The molecular weight excluding hydrogens is 550 g/mol. The molecule has 41 heavy (non-hydrogen) atoms. The maximum absolute atomic E-state index is 13.5. The molecule has 3 amide bonds. The van der Waals surface area contributed by atoms with Crippen LogP contribution in [0.2, 0.25) is 0 Å². The number of amides is 3. The Bertz CT molecular complexity index is 1120. The summed E-state index contributed by atoms with van der Waals surface area (Å²) in [7, 11) is 1.94. The van der Waals surface area contributed by atoms with Crippen LogP contribution in [0.5, 0.6) is 0 Å². The Kier molecular flexibility index (Phi) is 13.0. The summed E-state index contributed by atoms with van der Waals surface area (Å²) < 4.78 is 0. The number of aromatic nitrogens is 1. The average molecular weight is 594 g/mol. The van der Waals surface area contributed by atoms with Crippen molar-refractivity contribution < 1.29 is 33.9 Å². The Hall–Kier alpha value is -3.19. The Morgan fingerprint density at radius 2 is 1.80 bits per heavy atom. The van der Waals surface area contributed by atoms with E-state index < -0.39 is 42.2 Å². The van der Waals surface area contributed by atoms with Gasteiger partial charge in [-0.25, -0.2) is 9.78 Å². The molecule has 0 aromatic carbocycles. The van der Waals surface area contributed by atoms with Crippen LogP contribution in [0.15, 0.2) is 5.38 Å². The van der Waals surface area contributed by atoms with E-state index >= 15 is 0 Å². The highest BCUT2D eigenvalue weighted by molar-refractivity contribution is 7.10. The topological polar surface area (TPSA) is 189 Å². The first-order chi connectivity index (χ1) is 19.2. The number of nitrogens with zero attached hydrogens (tertiary/aromatic N) is 2. The van der Waals surface area contributed by atoms with Crippen molar-refractivity contribution in [3.8, 4) is 0 Å². The van der Waals surface area contributed by atoms with E-state index in [2.05, 4.69) is 20.5 Å². The molecular formula is C28H43N5O7S. The third kappa shape index (κ3) is 9.99. The molecule has 1 aromatic rings. The zero-order chi connectivity index (χ0) is 30.9. The van der Waals surface area contributed by atoms with Crippen LogP contribution in [-0.4, -0.2) is 82.0 Å². The number of thiazole rings is 1. The highest BCUT2D eigenvalue weighted by Crippen LogP contribution is 2.25. The summed E-state index contributed by atoms with van der Waals surface area (Å²) in [6, 6.07) is -2.52. The fourth-order valence-electron chi connectivity index (χ4n) is 4.94. The number of ketones is 2. The third-order valence-electron chi connectivity index (χ3n) is 7.66. The van der Waals surface area contributed by atoms with Gasteiger partial charge in [0.25, 0.3) is 5.91 Å². The molecule has 1 aromatic heterocycles.